The van der Waals surface area contributed by atoms with Gasteiger partial charge >= 0.3 is 5.97 Å². The highest BCUT2D eigenvalue weighted by Gasteiger charge is 2.13. The van der Waals surface area contributed by atoms with Gasteiger partial charge < -0.3 is 15.5 Å². The third-order valence-corrected chi connectivity index (χ3v) is 2.40. The third-order valence-electron chi connectivity index (χ3n) is 1.58. The molecule has 0 saturated heterocycles. The van der Waals surface area contributed by atoms with Crippen LogP contribution in [0, 0.1) is 3.57 Å². The Hall–Kier alpha value is -0.980. The molecule has 0 bridgehead atoms. The zero-order chi connectivity index (χ0) is 10.0. The number of anilines is 1. The highest BCUT2D eigenvalue weighted by molar-refractivity contribution is 14.1. The molecule has 0 atom stereocenters. The fourth-order valence-electron chi connectivity index (χ4n) is 0.906. The molecule has 4 nitrogen and oxygen atoms in total. The fourth-order valence-corrected chi connectivity index (χ4v) is 1.53. The number of rotatable bonds is 2. The maximum Gasteiger partial charge on any atom is 0.339 e. The van der Waals surface area contributed by atoms with Crippen LogP contribution in [-0.2, 0) is 0 Å². The normalized spacial score (nSPS) is 9.69. The third kappa shape index (κ3) is 2.03. The summed E-state index contributed by atoms with van der Waals surface area (Å²) >= 11 is 1.88. The van der Waals surface area contributed by atoms with Crippen LogP contribution in [0.25, 0.3) is 0 Å². The van der Waals surface area contributed by atoms with Crippen molar-refractivity contribution in [3.05, 3.63) is 21.3 Å². The Kier molecular flexibility index (Phi) is 2.97. The summed E-state index contributed by atoms with van der Waals surface area (Å²) < 4.78 is 0.516. The van der Waals surface area contributed by atoms with Crippen LogP contribution in [0.2, 0.25) is 0 Å². The van der Waals surface area contributed by atoms with E-state index in [1.165, 1.54) is 6.07 Å². The molecule has 1 aromatic rings. The number of carboxylic acid groups (broad SMARTS) is 1. The largest absolute Gasteiger partial charge is 0.506 e. The summed E-state index contributed by atoms with van der Waals surface area (Å²) in [7, 11) is 1.69. The summed E-state index contributed by atoms with van der Waals surface area (Å²) in [5, 5.41) is 20.9. The van der Waals surface area contributed by atoms with E-state index in [0.717, 1.165) is 0 Å². The highest BCUT2D eigenvalue weighted by Crippen LogP contribution is 2.28. The zero-order valence-electron chi connectivity index (χ0n) is 6.84. The fraction of sp³-hybridized carbons (Fsp3) is 0.125. The van der Waals surface area contributed by atoms with Gasteiger partial charge in [-0.1, -0.05) is 0 Å². The van der Waals surface area contributed by atoms with Crippen molar-refractivity contribution in [3.63, 3.8) is 0 Å². The number of nitrogens with one attached hydrogen (secondary N) is 1. The summed E-state index contributed by atoms with van der Waals surface area (Å²) in [5.41, 5.74) is 0.579. The van der Waals surface area contributed by atoms with E-state index in [1.54, 1.807) is 13.1 Å². The van der Waals surface area contributed by atoms with Gasteiger partial charge in [-0.15, -0.1) is 0 Å². The van der Waals surface area contributed by atoms with E-state index in [2.05, 4.69) is 5.32 Å². The average molecular weight is 293 g/mol. The molecule has 70 valence electrons. The maximum absolute atomic E-state index is 10.7. The minimum Gasteiger partial charge on any atom is -0.506 e. The van der Waals surface area contributed by atoms with Gasteiger partial charge in [-0.25, -0.2) is 4.79 Å². The molecule has 0 unspecified atom stereocenters. The van der Waals surface area contributed by atoms with Crippen molar-refractivity contribution in [2.24, 2.45) is 0 Å². The van der Waals surface area contributed by atoms with Crippen LogP contribution in [0.3, 0.4) is 0 Å². The second-order valence-electron chi connectivity index (χ2n) is 2.41. The molecule has 0 aliphatic rings. The minimum absolute atomic E-state index is 0.0868. The Bertz CT molecular complexity index is 351. The number of hydrogen-bond donors (Lipinski definition) is 3. The lowest BCUT2D eigenvalue weighted by molar-refractivity contribution is 0.0693. The molecule has 1 rings (SSSR count). The maximum atomic E-state index is 10.7. The van der Waals surface area contributed by atoms with E-state index in [4.69, 9.17) is 5.11 Å². The molecule has 0 radical (unpaired) electrons. The molecule has 3 N–H and O–H groups in total. The van der Waals surface area contributed by atoms with Crippen LogP contribution in [0.1, 0.15) is 10.4 Å². The molecule has 0 spiro atoms. The van der Waals surface area contributed by atoms with Gasteiger partial charge in [0.15, 0.2) is 0 Å². The SMILES string of the molecule is CNc1cc(I)c(O)c(C(=O)O)c1. The molecule has 0 aliphatic carbocycles. The number of halogens is 1. The van der Waals surface area contributed by atoms with Crippen LogP contribution in [0.15, 0.2) is 12.1 Å². The molecule has 0 aliphatic heterocycles. The molecule has 0 aromatic heterocycles. The standard InChI is InChI=1S/C8H8INO3/c1-10-4-2-5(8(12)13)7(11)6(9)3-4/h2-3,10-11H,1H3,(H,12,13). The van der Waals surface area contributed by atoms with Gasteiger partial charge in [0, 0.05) is 12.7 Å². The average Bonchev–Trinajstić information content (AvgIpc) is 2.09. The second-order valence-corrected chi connectivity index (χ2v) is 3.57. The van der Waals surface area contributed by atoms with Crippen molar-refractivity contribution in [3.8, 4) is 5.75 Å². The number of aromatic hydroxyl groups is 1. The number of hydrogen-bond acceptors (Lipinski definition) is 3. The first-order chi connectivity index (χ1) is 6.06. The summed E-state index contributed by atoms with van der Waals surface area (Å²) in [5.74, 6) is -1.32. The molecular formula is C8H8INO3. The summed E-state index contributed by atoms with van der Waals surface area (Å²) in [6, 6.07) is 3.06. The number of phenols is 1. The van der Waals surface area contributed by atoms with Crippen LogP contribution >= 0.6 is 22.6 Å². The van der Waals surface area contributed by atoms with Gasteiger partial charge in [-0.2, -0.15) is 0 Å². The van der Waals surface area contributed by atoms with E-state index in [0.29, 0.717) is 9.26 Å². The summed E-state index contributed by atoms with van der Waals surface area (Å²) in [6.45, 7) is 0. The van der Waals surface area contributed by atoms with E-state index in [9.17, 15) is 9.90 Å². The van der Waals surface area contributed by atoms with Gasteiger partial charge in [-0.3, -0.25) is 0 Å². The van der Waals surface area contributed by atoms with E-state index in [-0.39, 0.29) is 11.3 Å². The van der Waals surface area contributed by atoms with Gasteiger partial charge in [0.2, 0.25) is 0 Å². The second kappa shape index (κ2) is 3.82. The van der Waals surface area contributed by atoms with Crippen LogP contribution in [0.4, 0.5) is 5.69 Å². The number of aromatic carboxylic acids is 1. The van der Waals surface area contributed by atoms with Crippen molar-refractivity contribution in [1.82, 2.24) is 0 Å². The van der Waals surface area contributed by atoms with E-state index < -0.39 is 5.97 Å². The van der Waals surface area contributed by atoms with Gasteiger partial charge in [-0.05, 0) is 34.7 Å². The Labute approximate surface area is 88.7 Å². The molecule has 0 amide bonds. The summed E-state index contributed by atoms with van der Waals surface area (Å²) in [4.78, 5) is 10.7. The number of carboxylic acids is 1. The first-order valence-corrected chi connectivity index (χ1v) is 4.57. The predicted octanol–water partition coefficient (Wildman–Crippen LogP) is 1.74. The van der Waals surface area contributed by atoms with Crippen molar-refractivity contribution in [2.75, 3.05) is 12.4 Å². The van der Waals surface area contributed by atoms with Crippen molar-refractivity contribution < 1.29 is 15.0 Å². The Balaban J connectivity index is 3.33. The van der Waals surface area contributed by atoms with Gasteiger partial charge in [0.1, 0.15) is 11.3 Å². The molecule has 1 aromatic carbocycles. The monoisotopic (exact) mass is 293 g/mol. The topological polar surface area (TPSA) is 69.6 Å². The molecular weight excluding hydrogens is 285 g/mol. The zero-order valence-corrected chi connectivity index (χ0v) is 8.99. The van der Waals surface area contributed by atoms with Gasteiger partial charge in [0.25, 0.3) is 0 Å². The highest BCUT2D eigenvalue weighted by atomic mass is 127. The summed E-state index contributed by atoms with van der Waals surface area (Å²) in [6.07, 6.45) is 0. The van der Waals surface area contributed by atoms with Crippen molar-refractivity contribution in [2.45, 2.75) is 0 Å². The van der Waals surface area contributed by atoms with Gasteiger partial charge in [0.05, 0.1) is 3.57 Å². The van der Waals surface area contributed by atoms with E-state index >= 15 is 0 Å². The molecule has 0 fully saturated rings. The Morgan fingerprint density at radius 2 is 2.15 bits per heavy atom. The van der Waals surface area contributed by atoms with Crippen LogP contribution in [-0.4, -0.2) is 23.2 Å². The van der Waals surface area contributed by atoms with Crippen molar-refractivity contribution in [1.29, 1.82) is 0 Å². The molecule has 5 heteroatoms. The lowest BCUT2D eigenvalue weighted by atomic mass is 10.2. The molecule has 13 heavy (non-hydrogen) atoms. The Morgan fingerprint density at radius 1 is 1.54 bits per heavy atom. The Morgan fingerprint density at radius 3 is 2.62 bits per heavy atom. The van der Waals surface area contributed by atoms with Crippen molar-refractivity contribution >= 4 is 34.2 Å². The smallest absolute Gasteiger partial charge is 0.339 e. The number of carbonyl (C=O) groups is 1. The predicted molar refractivity (Wildman–Crippen MR) is 57.3 cm³/mol. The van der Waals surface area contributed by atoms with Crippen LogP contribution < -0.4 is 5.32 Å². The quantitative estimate of drug-likeness (QED) is 0.574. The minimum atomic E-state index is -1.13. The first-order valence-electron chi connectivity index (χ1n) is 3.50. The first kappa shape index (κ1) is 10.1. The number of benzene rings is 1. The lowest BCUT2D eigenvalue weighted by Crippen LogP contribution is -2.00. The van der Waals surface area contributed by atoms with Crippen LogP contribution in [0.5, 0.6) is 5.75 Å². The molecule has 0 saturated carbocycles. The molecule has 0 heterocycles. The van der Waals surface area contributed by atoms with E-state index in [1.807, 2.05) is 22.6 Å². The lowest BCUT2D eigenvalue weighted by Gasteiger charge is -2.05.